The van der Waals surface area contributed by atoms with Crippen molar-refractivity contribution in [2.24, 2.45) is 0 Å². The van der Waals surface area contributed by atoms with E-state index in [0.717, 1.165) is 15.9 Å². The van der Waals surface area contributed by atoms with Gasteiger partial charge in [0.05, 0.1) is 23.3 Å². The monoisotopic (exact) mass is 453 g/mol. The van der Waals surface area contributed by atoms with Gasteiger partial charge in [-0.3, -0.25) is 14.2 Å². The minimum Gasteiger partial charge on any atom is -0.309 e. The summed E-state index contributed by atoms with van der Waals surface area (Å²) in [5, 5.41) is 11.7. The maximum Gasteiger partial charge on any atom is 0.227 e. The molecule has 3 aromatic rings. The van der Waals surface area contributed by atoms with Crippen LogP contribution in [0.1, 0.15) is 23.4 Å². The lowest BCUT2D eigenvalue weighted by Crippen LogP contribution is -2.16. The summed E-state index contributed by atoms with van der Waals surface area (Å²) in [4.78, 5) is 12.2. The van der Waals surface area contributed by atoms with Gasteiger partial charge in [0.1, 0.15) is 5.82 Å². The number of carbonyl (C=O) groups is 1. The molecule has 0 unspecified atom stereocenters. The molecule has 2 aromatic heterocycles. The summed E-state index contributed by atoms with van der Waals surface area (Å²) >= 11 is 9.50. The molecule has 2 heterocycles. The van der Waals surface area contributed by atoms with Gasteiger partial charge in [-0.05, 0) is 41.9 Å². The van der Waals surface area contributed by atoms with Crippen molar-refractivity contribution in [1.82, 2.24) is 19.6 Å². The number of hydrogen-bond acceptors (Lipinski definition) is 3. The second kappa shape index (κ2) is 8.22. The van der Waals surface area contributed by atoms with Gasteiger partial charge in [0, 0.05) is 35.0 Å². The number of hydrogen-bond donors (Lipinski definition) is 1. The molecule has 0 aliphatic rings. The van der Waals surface area contributed by atoms with E-state index < -0.39 is 0 Å². The highest BCUT2D eigenvalue weighted by Crippen LogP contribution is 2.21. The molecule has 0 bridgehead atoms. The van der Waals surface area contributed by atoms with E-state index in [2.05, 4.69) is 31.4 Å². The molecule has 1 aromatic carbocycles. The van der Waals surface area contributed by atoms with Crippen LogP contribution in [0.4, 0.5) is 10.2 Å². The number of aromatic nitrogens is 4. The van der Waals surface area contributed by atoms with Crippen LogP contribution in [0.25, 0.3) is 0 Å². The molecule has 0 saturated heterocycles. The molecule has 142 valence electrons. The SMILES string of the molecule is Cc1nn(CCC(=O)Nc2ccn(Cc3c(F)cccc3Cl)n2)c(C)c1Br. The molecule has 6 nitrogen and oxygen atoms in total. The molecule has 0 aliphatic carbocycles. The summed E-state index contributed by atoms with van der Waals surface area (Å²) in [6.45, 7) is 4.50. The van der Waals surface area contributed by atoms with Gasteiger partial charge in [0.25, 0.3) is 0 Å². The summed E-state index contributed by atoms with van der Waals surface area (Å²) in [5.41, 5.74) is 2.22. The first kappa shape index (κ1) is 19.6. The fourth-order valence-electron chi connectivity index (χ4n) is 2.67. The van der Waals surface area contributed by atoms with E-state index in [4.69, 9.17) is 11.6 Å². The zero-order valence-electron chi connectivity index (χ0n) is 14.8. The third-order valence-corrected chi connectivity index (χ3v) is 5.64. The fourth-order valence-corrected chi connectivity index (χ4v) is 3.17. The number of aryl methyl sites for hydroxylation is 2. The molecule has 27 heavy (non-hydrogen) atoms. The maximum absolute atomic E-state index is 13.9. The van der Waals surface area contributed by atoms with Crippen LogP contribution < -0.4 is 5.32 Å². The van der Waals surface area contributed by atoms with E-state index in [0.29, 0.717) is 22.9 Å². The van der Waals surface area contributed by atoms with Crippen molar-refractivity contribution < 1.29 is 9.18 Å². The Bertz CT molecular complexity index is 964. The van der Waals surface area contributed by atoms with Gasteiger partial charge in [-0.2, -0.15) is 10.2 Å². The van der Waals surface area contributed by atoms with Crippen LogP contribution in [0.15, 0.2) is 34.9 Å². The summed E-state index contributed by atoms with van der Waals surface area (Å²) < 4.78 is 18.1. The summed E-state index contributed by atoms with van der Waals surface area (Å²) in [7, 11) is 0. The number of carbonyl (C=O) groups excluding carboxylic acids is 1. The summed E-state index contributed by atoms with van der Waals surface area (Å²) in [5.74, 6) is -0.158. The zero-order valence-corrected chi connectivity index (χ0v) is 17.2. The standard InChI is InChI=1S/C18H18BrClFN5O/c1-11-18(19)12(2)26(23-11)9-7-17(27)22-16-6-8-25(24-16)10-13-14(20)4-3-5-15(13)21/h3-6,8H,7,9-10H2,1-2H3,(H,22,24,27). The Hall–Kier alpha value is -2.19. The van der Waals surface area contributed by atoms with Crippen LogP contribution in [0.2, 0.25) is 5.02 Å². The van der Waals surface area contributed by atoms with Crippen LogP contribution in [-0.2, 0) is 17.9 Å². The van der Waals surface area contributed by atoms with Crippen LogP contribution >= 0.6 is 27.5 Å². The van der Waals surface area contributed by atoms with Crippen molar-refractivity contribution in [3.8, 4) is 0 Å². The number of benzene rings is 1. The lowest BCUT2D eigenvalue weighted by Gasteiger charge is -2.06. The van der Waals surface area contributed by atoms with Gasteiger partial charge in [0.15, 0.2) is 5.82 Å². The van der Waals surface area contributed by atoms with Crippen LogP contribution in [-0.4, -0.2) is 25.5 Å². The molecule has 0 spiro atoms. The molecule has 0 saturated carbocycles. The molecule has 1 amide bonds. The molecule has 0 radical (unpaired) electrons. The van der Waals surface area contributed by atoms with E-state index in [9.17, 15) is 9.18 Å². The zero-order chi connectivity index (χ0) is 19.6. The number of halogens is 3. The van der Waals surface area contributed by atoms with Crippen LogP contribution in [0, 0.1) is 19.7 Å². The first-order valence-corrected chi connectivity index (χ1v) is 9.48. The van der Waals surface area contributed by atoms with E-state index in [1.807, 2.05) is 13.8 Å². The highest BCUT2D eigenvalue weighted by molar-refractivity contribution is 9.10. The predicted octanol–water partition coefficient (Wildman–Crippen LogP) is 4.33. The lowest BCUT2D eigenvalue weighted by molar-refractivity contribution is -0.116. The topological polar surface area (TPSA) is 64.7 Å². The average molecular weight is 455 g/mol. The van der Waals surface area contributed by atoms with Gasteiger partial charge in [-0.15, -0.1) is 0 Å². The van der Waals surface area contributed by atoms with Gasteiger partial charge in [-0.25, -0.2) is 4.39 Å². The minimum absolute atomic E-state index is 0.173. The second-order valence-electron chi connectivity index (χ2n) is 6.10. The second-order valence-corrected chi connectivity index (χ2v) is 7.31. The summed E-state index contributed by atoms with van der Waals surface area (Å²) in [6.07, 6.45) is 1.93. The van der Waals surface area contributed by atoms with Crippen molar-refractivity contribution in [3.63, 3.8) is 0 Å². The number of nitrogens with one attached hydrogen (secondary N) is 1. The van der Waals surface area contributed by atoms with Gasteiger partial charge in [-0.1, -0.05) is 17.7 Å². The van der Waals surface area contributed by atoms with E-state index in [-0.39, 0.29) is 24.7 Å². The third kappa shape index (κ3) is 4.56. The highest BCUT2D eigenvalue weighted by atomic mass is 79.9. The van der Waals surface area contributed by atoms with E-state index in [1.165, 1.54) is 10.7 Å². The quantitative estimate of drug-likeness (QED) is 0.603. The number of amides is 1. The maximum atomic E-state index is 13.9. The first-order chi connectivity index (χ1) is 12.8. The largest absolute Gasteiger partial charge is 0.309 e. The van der Waals surface area contributed by atoms with E-state index in [1.54, 1.807) is 29.1 Å². The van der Waals surface area contributed by atoms with Crippen molar-refractivity contribution in [3.05, 3.63) is 62.7 Å². The normalized spacial score (nSPS) is 11.0. The average Bonchev–Trinajstić information content (AvgIpc) is 3.16. The van der Waals surface area contributed by atoms with Crippen molar-refractivity contribution in [2.75, 3.05) is 5.32 Å². The highest BCUT2D eigenvalue weighted by Gasteiger charge is 2.12. The van der Waals surface area contributed by atoms with Crippen molar-refractivity contribution >= 4 is 39.3 Å². The molecule has 0 fully saturated rings. The first-order valence-electron chi connectivity index (χ1n) is 8.31. The Morgan fingerprint density at radius 2 is 2.07 bits per heavy atom. The minimum atomic E-state index is -0.389. The molecular formula is C18H18BrClFN5O. The molecule has 3 rings (SSSR count). The number of rotatable bonds is 6. The smallest absolute Gasteiger partial charge is 0.227 e. The fraction of sp³-hybridized carbons (Fsp3) is 0.278. The lowest BCUT2D eigenvalue weighted by atomic mass is 10.2. The van der Waals surface area contributed by atoms with Crippen LogP contribution in [0.3, 0.4) is 0 Å². The Morgan fingerprint density at radius 3 is 2.74 bits per heavy atom. The molecule has 9 heteroatoms. The van der Waals surface area contributed by atoms with Crippen molar-refractivity contribution in [2.45, 2.75) is 33.4 Å². The predicted molar refractivity (Wildman–Crippen MR) is 105 cm³/mol. The molecule has 1 N–H and O–H groups in total. The van der Waals surface area contributed by atoms with Crippen LogP contribution in [0.5, 0.6) is 0 Å². The number of nitrogens with zero attached hydrogens (tertiary/aromatic N) is 4. The van der Waals surface area contributed by atoms with Crippen molar-refractivity contribution in [1.29, 1.82) is 0 Å². The Labute approximate surface area is 169 Å². The molecule has 0 atom stereocenters. The van der Waals surface area contributed by atoms with Gasteiger partial charge >= 0.3 is 0 Å². The molecular weight excluding hydrogens is 437 g/mol. The Balaban J connectivity index is 1.58. The Morgan fingerprint density at radius 1 is 1.30 bits per heavy atom. The third-order valence-electron chi connectivity index (χ3n) is 4.13. The van der Waals surface area contributed by atoms with Gasteiger partial charge < -0.3 is 5.32 Å². The number of anilines is 1. The molecule has 0 aliphatic heterocycles. The van der Waals surface area contributed by atoms with Gasteiger partial charge in [0.2, 0.25) is 5.91 Å². The summed E-state index contributed by atoms with van der Waals surface area (Å²) in [6, 6.07) is 6.19. The van der Waals surface area contributed by atoms with E-state index >= 15 is 0 Å². The Kier molecular flexibility index (Phi) is 5.96.